The van der Waals surface area contributed by atoms with Crippen molar-refractivity contribution in [2.45, 2.75) is 31.7 Å². The van der Waals surface area contributed by atoms with Crippen LogP contribution >= 0.6 is 22.6 Å². The summed E-state index contributed by atoms with van der Waals surface area (Å²) < 4.78 is 12.5. The fourth-order valence-electron chi connectivity index (χ4n) is 3.08. The number of carbonyl (C=O) groups is 1. The number of rotatable bonds is 6. The maximum absolute atomic E-state index is 12.7. The number of morpholine rings is 1. The molecule has 2 aromatic rings. The summed E-state index contributed by atoms with van der Waals surface area (Å²) in [5, 5.41) is 0. The Morgan fingerprint density at radius 3 is 2.38 bits per heavy atom. The van der Waals surface area contributed by atoms with E-state index in [1.54, 1.807) is 0 Å². The lowest BCUT2D eigenvalue weighted by Gasteiger charge is -2.43. The Labute approximate surface area is 168 Å². The van der Waals surface area contributed by atoms with Crippen molar-refractivity contribution in [1.82, 2.24) is 4.90 Å². The second-order valence-electron chi connectivity index (χ2n) is 6.89. The van der Waals surface area contributed by atoms with Gasteiger partial charge in [0.25, 0.3) is 0 Å². The number of carbonyl (C=O) groups excluding carboxylic acids is 1. The summed E-state index contributed by atoms with van der Waals surface area (Å²) in [6, 6.07) is 19.6. The number of ether oxygens (including phenoxy) is 2. The first-order valence-corrected chi connectivity index (χ1v) is 10.3. The number of halogens is 1. The molecule has 3 rings (SSSR count). The topological polar surface area (TPSA) is 38.8 Å². The van der Waals surface area contributed by atoms with Gasteiger partial charge in [0.1, 0.15) is 12.6 Å². The quantitative estimate of drug-likeness (QED) is 0.370. The van der Waals surface area contributed by atoms with Crippen LogP contribution in [0.25, 0.3) is 0 Å². The molecule has 0 saturated carbocycles. The molecule has 0 aliphatic carbocycles. The minimum Gasteiger partial charge on any atom is -0.460 e. The average molecular weight is 465 g/mol. The van der Waals surface area contributed by atoms with Crippen LogP contribution in [0, 0.1) is 0 Å². The Balaban J connectivity index is 1.69. The maximum Gasteiger partial charge on any atom is 0.326 e. The van der Waals surface area contributed by atoms with Crippen LogP contribution in [0.3, 0.4) is 0 Å². The molecular formula is C21H24INO3. The second kappa shape index (κ2) is 8.97. The predicted molar refractivity (Wildman–Crippen MR) is 110 cm³/mol. The van der Waals surface area contributed by atoms with Crippen molar-refractivity contribution < 1.29 is 14.3 Å². The molecule has 4 nitrogen and oxygen atoms in total. The summed E-state index contributed by atoms with van der Waals surface area (Å²) in [6.45, 7) is 4.17. The first-order chi connectivity index (χ1) is 12.6. The number of alkyl halides is 1. The summed E-state index contributed by atoms with van der Waals surface area (Å²) in [5.41, 5.74) is 1.93. The number of nitrogens with zero attached hydrogens (tertiary/aromatic N) is 1. The summed E-state index contributed by atoms with van der Waals surface area (Å²) in [4.78, 5) is 14.9. The molecule has 0 amide bonds. The Bertz CT molecular complexity index is 710. The largest absolute Gasteiger partial charge is 0.460 e. The van der Waals surface area contributed by atoms with Crippen molar-refractivity contribution >= 4 is 28.6 Å². The van der Waals surface area contributed by atoms with Crippen LogP contribution < -0.4 is 0 Å². The monoisotopic (exact) mass is 465 g/mol. The standard InChI is InChI=1S/C21H24INO3/c1-21(15-22)16-23(12-17-8-4-2-5-9-17)19(14-26-21)20(24)25-13-18-10-6-3-7-11-18/h2-11,19H,12-16H2,1H3. The molecule has 0 radical (unpaired) electrons. The minimum atomic E-state index is -0.380. The predicted octanol–water partition coefficient (Wildman–Crippen LogP) is 3.82. The Hall–Kier alpha value is -1.44. The molecule has 0 bridgehead atoms. The number of hydrogen-bond donors (Lipinski definition) is 0. The van der Waals surface area contributed by atoms with Crippen LogP contribution in [0.15, 0.2) is 60.7 Å². The molecule has 0 aromatic heterocycles. The van der Waals surface area contributed by atoms with Crippen molar-refractivity contribution in [3.63, 3.8) is 0 Å². The fraction of sp³-hybridized carbons (Fsp3) is 0.381. The van der Waals surface area contributed by atoms with Gasteiger partial charge in [-0.2, -0.15) is 0 Å². The molecule has 1 heterocycles. The van der Waals surface area contributed by atoms with Gasteiger partial charge in [-0.15, -0.1) is 0 Å². The van der Waals surface area contributed by atoms with Gasteiger partial charge >= 0.3 is 5.97 Å². The highest BCUT2D eigenvalue weighted by Gasteiger charge is 2.40. The third-order valence-electron chi connectivity index (χ3n) is 4.58. The van der Waals surface area contributed by atoms with Gasteiger partial charge in [0.05, 0.1) is 12.2 Å². The molecule has 5 heteroatoms. The second-order valence-corrected chi connectivity index (χ2v) is 7.66. The summed E-state index contributed by atoms with van der Waals surface area (Å²) in [7, 11) is 0. The molecule has 1 aliphatic rings. The van der Waals surface area contributed by atoms with E-state index in [-0.39, 0.29) is 17.6 Å². The highest BCUT2D eigenvalue weighted by molar-refractivity contribution is 14.1. The zero-order valence-corrected chi connectivity index (χ0v) is 17.1. The van der Waals surface area contributed by atoms with Gasteiger partial charge in [-0.1, -0.05) is 83.3 Å². The first kappa shape index (κ1) is 19.3. The molecule has 26 heavy (non-hydrogen) atoms. The van der Waals surface area contributed by atoms with Crippen LogP contribution in [-0.4, -0.2) is 40.1 Å². The molecule has 2 unspecified atom stereocenters. The summed E-state index contributed by atoms with van der Waals surface area (Å²) in [6.07, 6.45) is 0. The van der Waals surface area contributed by atoms with Gasteiger partial charge in [0.2, 0.25) is 0 Å². The lowest BCUT2D eigenvalue weighted by atomic mass is 10.0. The molecule has 2 aromatic carbocycles. The zero-order chi connectivity index (χ0) is 18.4. The lowest BCUT2D eigenvalue weighted by molar-refractivity contribution is -0.169. The molecule has 1 fully saturated rings. The van der Waals surface area contributed by atoms with Crippen molar-refractivity contribution in [2.24, 2.45) is 0 Å². The molecule has 0 spiro atoms. The van der Waals surface area contributed by atoms with Gasteiger partial charge in [-0.25, -0.2) is 0 Å². The van der Waals surface area contributed by atoms with E-state index in [0.717, 1.165) is 9.99 Å². The summed E-state index contributed by atoms with van der Waals surface area (Å²) >= 11 is 2.35. The van der Waals surface area contributed by atoms with E-state index in [1.165, 1.54) is 5.56 Å². The average Bonchev–Trinajstić information content (AvgIpc) is 2.68. The fourth-order valence-corrected chi connectivity index (χ4v) is 3.54. The Morgan fingerprint density at radius 1 is 1.15 bits per heavy atom. The van der Waals surface area contributed by atoms with Crippen molar-refractivity contribution in [3.05, 3.63) is 71.8 Å². The lowest BCUT2D eigenvalue weighted by Crippen LogP contribution is -2.58. The maximum atomic E-state index is 12.7. The molecule has 1 aliphatic heterocycles. The normalized spacial score (nSPS) is 23.5. The van der Waals surface area contributed by atoms with E-state index < -0.39 is 0 Å². The van der Waals surface area contributed by atoms with E-state index in [9.17, 15) is 4.79 Å². The van der Waals surface area contributed by atoms with Gasteiger partial charge in [0.15, 0.2) is 0 Å². The van der Waals surface area contributed by atoms with Gasteiger partial charge < -0.3 is 9.47 Å². The van der Waals surface area contributed by atoms with E-state index >= 15 is 0 Å². The highest BCUT2D eigenvalue weighted by Crippen LogP contribution is 2.26. The highest BCUT2D eigenvalue weighted by atomic mass is 127. The third kappa shape index (κ3) is 5.05. The molecule has 2 atom stereocenters. The van der Waals surface area contributed by atoms with E-state index in [0.29, 0.717) is 26.3 Å². The smallest absolute Gasteiger partial charge is 0.326 e. The number of benzene rings is 2. The van der Waals surface area contributed by atoms with Gasteiger partial charge in [-0.3, -0.25) is 9.69 Å². The van der Waals surface area contributed by atoms with Crippen LogP contribution in [0.2, 0.25) is 0 Å². The summed E-state index contributed by atoms with van der Waals surface area (Å²) in [5.74, 6) is -0.222. The molecule has 1 saturated heterocycles. The minimum absolute atomic E-state index is 0.222. The zero-order valence-electron chi connectivity index (χ0n) is 14.9. The van der Waals surface area contributed by atoms with Crippen LogP contribution in [0.4, 0.5) is 0 Å². The molecule has 138 valence electrons. The number of hydrogen-bond acceptors (Lipinski definition) is 4. The SMILES string of the molecule is CC1(CI)CN(Cc2ccccc2)C(C(=O)OCc2ccccc2)CO1. The van der Waals surface area contributed by atoms with Crippen LogP contribution in [0.1, 0.15) is 18.1 Å². The Morgan fingerprint density at radius 2 is 1.77 bits per heavy atom. The van der Waals surface area contributed by atoms with Crippen LogP contribution in [-0.2, 0) is 27.4 Å². The van der Waals surface area contributed by atoms with Crippen molar-refractivity contribution in [2.75, 3.05) is 17.6 Å². The van der Waals surface area contributed by atoms with E-state index in [2.05, 4.69) is 46.5 Å². The number of esters is 1. The Kier molecular flexibility index (Phi) is 6.67. The third-order valence-corrected chi connectivity index (χ3v) is 6.19. The molecular weight excluding hydrogens is 441 g/mol. The first-order valence-electron chi connectivity index (χ1n) is 8.78. The van der Waals surface area contributed by atoms with Crippen molar-refractivity contribution in [3.8, 4) is 0 Å². The van der Waals surface area contributed by atoms with E-state index in [1.807, 2.05) is 48.5 Å². The van der Waals surface area contributed by atoms with Gasteiger partial charge in [0, 0.05) is 17.5 Å². The van der Waals surface area contributed by atoms with Crippen molar-refractivity contribution in [1.29, 1.82) is 0 Å². The van der Waals surface area contributed by atoms with E-state index in [4.69, 9.17) is 9.47 Å². The van der Waals surface area contributed by atoms with Crippen LogP contribution in [0.5, 0.6) is 0 Å². The van der Waals surface area contributed by atoms with Gasteiger partial charge in [-0.05, 0) is 18.1 Å². The molecule has 0 N–H and O–H groups in total.